The predicted molar refractivity (Wildman–Crippen MR) is 65.2 cm³/mol. The average Bonchev–Trinajstić information content (AvgIpc) is 2.75. The second-order valence-corrected chi connectivity index (χ2v) is 5.76. The minimum Gasteiger partial charge on any atom is -0.355 e. The molecular weight excluding hydrogens is 200 g/mol. The van der Waals surface area contributed by atoms with Crippen LogP contribution in [0, 0.1) is 11.3 Å². The van der Waals surface area contributed by atoms with Crippen LogP contribution >= 0.6 is 0 Å². The summed E-state index contributed by atoms with van der Waals surface area (Å²) < 4.78 is 0. The van der Waals surface area contributed by atoms with Gasteiger partial charge in [-0.15, -0.1) is 0 Å². The van der Waals surface area contributed by atoms with Crippen molar-refractivity contribution in [3.05, 3.63) is 0 Å². The second-order valence-electron chi connectivity index (χ2n) is 5.76. The van der Waals surface area contributed by atoms with Crippen LogP contribution in [0.2, 0.25) is 0 Å². The number of nitrogens with one attached hydrogen (secondary N) is 2. The summed E-state index contributed by atoms with van der Waals surface area (Å²) >= 11 is 0. The summed E-state index contributed by atoms with van der Waals surface area (Å²) in [5, 5.41) is 6.46. The van der Waals surface area contributed by atoms with Gasteiger partial charge in [-0.3, -0.25) is 4.79 Å². The molecule has 2 N–H and O–H groups in total. The van der Waals surface area contributed by atoms with Crippen LogP contribution in [0.4, 0.5) is 0 Å². The average molecular weight is 224 g/mol. The van der Waals surface area contributed by atoms with Gasteiger partial charge in [0, 0.05) is 12.5 Å². The Morgan fingerprint density at radius 1 is 1.31 bits per heavy atom. The standard InChI is InChI=1S/C13H24N2O/c1-13(6-2-3-7-13)10-15-12(16)11-4-8-14-9-5-11/h11,14H,2-10H2,1H3,(H,15,16). The first kappa shape index (κ1) is 11.9. The zero-order chi connectivity index (χ0) is 11.4. The fourth-order valence-corrected chi connectivity index (χ4v) is 2.93. The van der Waals surface area contributed by atoms with E-state index < -0.39 is 0 Å². The molecule has 2 aliphatic rings. The lowest BCUT2D eigenvalue weighted by molar-refractivity contribution is -0.126. The quantitative estimate of drug-likeness (QED) is 0.766. The Bertz CT molecular complexity index is 240. The molecule has 1 saturated carbocycles. The van der Waals surface area contributed by atoms with E-state index in [1.54, 1.807) is 0 Å². The third-order valence-corrected chi connectivity index (χ3v) is 4.21. The van der Waals surface area contributed by atoms with E-state index in [-0.39, 0.29) is 11.8 Å². The maximum Gasteiger partial charge on any atom is 0.223 e. The zero-order valence-corrected chi connectivity index (χ0v) is 10.3. The summed E-state index contributed by atoms with van der Waals surface area (Å²) in [4.78, 5) is 12.0. The summed E-state index contributed by atoms with van der Waals surface area (Å²) in [5.41, 5.74) is 0.378. The number of carbonyl (C=O) groups is 1. The molecule has 1 heterocycles. The van der Waals surface area contributed by atoms with E-state index in [0.717, 1.165) is 32.5 Å². The summed E-state index contributed by atoms with van der Waals surface area (Å²) in [6, 6.07) is 0. The van der Waals surface area contributed by atoms with Crippen molar-refractivity contribution in [1.29, 1.82) is 0 Å². The molecule has 2 fully saturated rings. The smallest absolute Gasteiger partial charge is 0.223 e. The Labute approximate surface area is 98.4 Å². The van der Waals surface area contributed by atoms with Gasteiger partial charge in [0.2, 0.25) is 5.91 Å². The van der Waals surface area contributed by atoms with Crippen molar-refractivity contribution in [3.63, 3.8) is 0 Å². The predicted octanol–water partition coefficient (Wildman–Crippen LogP) is 1.68. The normalized spacial score (nSPS) is 25.6. The van der Waals surface area contributed by atoms with Gasteiger partial charge in [-0.05, 0) is 44.2 Å². The Morgan fingerprint density at radius 2 is 1.94 bits per heavy atom. The summed E-state index contributed by atoms with van der Waals surface area (Å²) in [5.74, 6) is 0.542. The van der Waals surface area contributed by atoms with Crippen LogP contribution in [0.1, 0.15) is 45.4 Å². The summed E-state index contributed by atoms with van der Waals surface area (Å²) in [6.45, 7) is 5.18. The van der Waals surface area contributed by atoms with Gasteiger partial charge in [0.15, 0.2) is 0 Å². The third kappa shape index (κ3) is 2.97. The minimum atomic E-state index is 0.256. The first-order valence-electron chi connectivity index (χ1n) is 6.68. The highest BCUT2D eigenvalue weighted by atomic mass is 16.1. The van der Waals surface area contributed by atoms with Crippen LogP contribution in [0.3, 0.4) is 0 Å². The van der Waals surface area contributed by atoms with Crippen molar-refractivity contribution in [3.8, 4) is 0 Å². The highest BCUT2D eigenvalue weighted by molar-refractivity contribution is 5.78. The molecule has 0 bridgehead atoms. The molecule has 1 aliphatic heterocycles. The van der Waals surface area contributed by atoms with Crippen LogP contribution in [0.15, 0.2) is 0 Å². The van der Waals surface area contributed by atoms with Crippen LogP contribution in [-0.4, -0.2) is 25.5 Å². The van der Waals surface area contributed by atoms with E-state index in [1.165, 1.54) is 25.7 Å². The maximum absolute atomic E-state index is 12.0. The van der Waals surface area contributed by atoms with Gasteiger partial charge in [0.25, 0.3) is 0 Å². The SMILES string of the molecule is CC1(CNC(=O)C2CCNCC2)CCCC1. The first-order chi connectivity index (χ1) is 7.70. The lowest BCUT2D eigenvalue weighted by Crippen LogP contribution is -2.41. The van der Waals surface area contributed by atoms with Crippen LogP contribution < -0.4 is 10.6 Å². The Morgan fingerprint density at radius 3 is 2.56 bits per heavy atom. The van der Waals surface area contributed by atoms with E-state index in [4.69, 9.17) is 0 Å². The van der Waals surface area contributed by atoms with E-state index in [9.17, 15) is 4.79 Å². The van der Waals surface area contributed by atoms with Gasteiger partial charge >= 0.3 is 0 Å². The van der Waals surface area contributed by atoms with Crippen molar-refractivity contribution in [2.24, 2.45) is 11.3 Å². The van der Waals surface area contributed by atoms with E-state index in [2.05, 4.69) is 17.6 Å². The third-order valence-electron chi connectivity index (χ3n) is 4.21. The molecule has 1 saturated heterocycles. The lowest BCUT2D eigenvalue weighted by Gasteiger charge is -2.27. The highest BCUT2D eigenvalue weighted by Crippen LogP contribution is 2.36. The fourth-order valence-electron chi connectivity index (χ4n) is 2.93. The largest absolute Gasteiger partial charge is 0.355 e. The number of rotatable bonds is 3. The molecule has 3 heteroatoms. The molecule has 0 spiro atoms. The number of hydrogen-bond donors (Lipinski definition) is 2. The van der Waals surface area contributed by atoms with E-state index >= 15 is 0 Å². The number of piperidine rings is 1. The van der Waals surface area contributed by atoms with Gasteiger partial charge < -0.3 is 10.6 Å². The molecule has 0 atom stereocenters. The molecule has 0 unspecified atom stereocenters. The molecular formula is C13H24N2O. The van der Waals surface area contributed by atoms with Crippen molar-refractivity contribution in [1.82, 2.24) is 10.6 Å². The van der Waals surface area contributed by atoms with Gasteiger partial charge in [-0.25, -0.2) is 0 Å². The minimum absolute atomic E-state index is 0.256. The van der Waals surface area contributed by atoms with Crippen molar-refractivity contribution < 1.29 is 4.79 Å². The molecule has 2 rings (SSSR count). The topological polar surface area (TPSA) is 41.1 Å². The fraction of sp³-hybridized carbons (Fsp3) is 0.923. The lowest BCUT2D eigenvalue weighted by atomic mass is 9.88. The number of amides is 1. The molecule has 0 aromatic heterocycles. The number of carbonyl (C=O) groups excluding carboxylic acids is 1. The zero-order valence-electron chi connectivity index (χ0n) is 10.3. The summed E-state index contributed by atoms with van der Waals surface area (Å²) in [7, 11) is 0. The Balaban J connectivity index is 1.74. The number of hydrogen-bond acceptors (Lipinski definition) is 2. The van der Waals surface area contributed by atoms with E-state index in [1.807, 2.05) is 0 Å². The molecule has 0 aromatic carbocycles. The summed E-state index contributed by atoms with van der Waals surface area (Å²) in [6.07, 6.45) is 7.23. The molecule has 16 heavy (non-hydrogen) atoms. The monoisotopic (exact) mass is 224 g/mol. The Hall–Kier alpha value is -0.570. The maximum atomic E-state index is 12.0. The molecule has 1 amide bonds. The molecule has 0 radical (unpaired) electrons. The van der Waals surface area contributed by atoms with Gasteiger partial charge in [-0.2, -0.15) is 0 Å². The molecule has 1 aliphatic carbocycles. The van der Waals surface area contributed by atoms with Crippen molar-refractivity contribution >= 4 is 5.91 Å². The van der Waals surface area contributed by atoms with Crippen LogP contribution in [-0.2, 0) is 4.79 Å². The molecule has 3 nitrogen and oxygen atoms in total. The first-order valence-corrected chi connectivity index (χ1v) is 6.68. The molecule has 92 valence electrons. The molecule has 0 aromatic rings. The second kappa shape index (κ2) is 5.17. The van der Waals surface area contributed by atoms with Crippen LogP contribution in [0.25, 0.3) is 0 Å². The van der Waals surface area contributed by atoms with Crippen molar-refractivity contribution in [2.75, 3.05) is 19.6 Å². The van der Waals surface area contributed by atoms with Crippen molar-refractivity contribution in [2.45, 2.75) is 45.4 Å². The van der Waals surface area contributed by atoms with Gasteiger partial charge in [0.1, 0.15) is 0 Å². The van der Waals surface area contributed by atoms with Crippen LogP contribution in [0.5, 0.6) is 0 Å². The van der Waals surface area contributed by atoms with Gasteiger partial charge in [-0.1, -0.05) is 19.8 Å². The van der Waals surface area contributed by atoms with E-state index in [0.29, 0.717) is 5.41 Å². The van der Waals surface area contributed by atoms with Gasteiger partial charge in [0.05, 0.1) is 0 Å². The highest BCUT2D eigenvalue weighted by Gasteiger charge is 2.30. The Kier molecular flexibility index (Phi) is 3.85.